The minimum Gasteiger partial charge on any atom is -0.351 e. The molecule has 126 valence electrons. The van der Waals surface area contributed by atoms with E-state index < -0.39 is 23.4 Å². The van der Waals surface area contributed by atoms with Crippen molar-refractivity contribution in [1.82, 2.24) is 9.55 Å². The van der Waals surface area contributed by atoms with Crippen molar-refractivity contribution < 1.29 is 18.0 Å². The molecule has 3 rings (SSSR count). The zero-order chi connectivity index (χ0) is 18.2. The van der Waals surface area contributed by atoms with Gasteiger partial charge in [-0.2, -0.15) is 18.4 Å². The van der Waals surface area contributed by atoms with Gasteiger partial charge >= 0.3 is 6.18 Å². The average Bonchev–Trinajstić information content (AvgIpc) is 2.96. The minimum absolute atomic E-state index is 0.00608. The third kappa shape index (κ3) is 2.98. The molecule has 0 spiro atoms. The number of benzene rings is 1. The number of Topliss-reactive ketones (excluding diaryl/α,β-unsaturated/α-hetero) is 1. The number of hydrogen-bond acceptors (Lipinski definition) is 3. The number of aryl methyl sites for hydroxylation is 1. The molecule has 0 saturated heterocycles. The second kappa shape index (κ2) is 6.06. The highest BCUT2D eigenvalue weighted by atomic mass is 19.4. The number of halogens is 3. The van der Waals surface area contributed by atoms with Gasteiger partial charge in [0.15, 0.2) is 11.7 Å². The molecule has 0 aliphatic carbocycles. The van der Waals surface area contributed by atoms with Crippen LogP contribution in [0.3, 0.4) is 0 Å². The molecule has 0 amide bonds. The zero-order valence-corrected chi connectivity index (χ0v) is 13.1. The second-order valence-electron chi connectivity index (χ2n) is 5.56. The summed E-state index contributed by atoms with van der Waals surface area (Å²) in [5.41, 5.74) is 0.230. The molecular formula is C18H12F3N3O. The molecule has 0 N–H and O–H groups in total. The molecule has 4 nitrogen and oxygen atoms in total. The molecule has 1 aromatic carbocycles. The van der Waals surface area contributed by atoms with Crippen molar-refractivity contribution >= 4 is 16.7 Å². The van der Waals surface area contributed by atoms with Gasteiger partial charge < -0.3 is 4.57 Å². The summed E-state index contributed by atoms with van der Waals surface area (Å²) < 4.78 is 39.7. The van der Waals surface area contributed by atoms with Gasteiger partial charge in [-0.15, -0.1) is 0 Å². The van der Waals surface area contributed by atoms with Crippen LogP contribution in [0.2, 0.25) is 0 Å². The fraction of sp³-hybridized carbons (Fsp3) is 0.167. The Morgan fingerprint density at radius 3 is 2.60 bits per heavy atom. The third-order valence-electron chi connectivity index (χ3n) is 3.99. The van der Waals surface area contributed by atoms with Gasteiger partial charge in [-0.3, -0.25) is 9.78 Å². The van der Waals surface area contributed by atoms with Crippen molar-refractivity contribution in [1.29, 1.82) is 5.26 Å². The first kappa shape index (κ1) is 16.7. The van der Waals surface area contributed by atoms with Gasteiger partial charge in [0.1, 0.15) is 0 Å². The number of rotatable bonds is 3. The number of alkyl halides is 3. The lowest BCUT2D eigenvalue weighted by Gasteiger charge is -2.11. The standard InChI is InChI=1S/C18H12F3N3O/c1-24-8-7-12-13(3-2-4-16(12)24)17(25)14(9-22)15-6-5-11(10-23-15)18(19,20)21/h2-8,10,14H,1H3/t14-/m0/s1. The first-order valence-corrected chi connectivity index (χ1v) is 7.34. The summed E-state index contributed by atoms with van der Waals surface area (Å²) in [5, 5.41) is 10.1. The predicted octanol–water partition coefficient (Wildman–Crippen LogP) is 4.08. The van der Waals surface area contributed by atoms with Gasteiger partial charge in [0.25, 0.3) is 0 Å². The molecule has 1 atom stereocenters. The molecule has 2 heterocycles. The van der Waals surface area contributed by atoms with E-state index in [9.17, 15) is 23.2 Å². The maximum absolute atomic E-state index is 12.8. The number of ketones is 1. The van der Waals surface area contributed by atoms with E-state index in [4.69, 9.17) is 0 Å². The lowest BCUT2D eigenvalue weighted by Crippen LogP contribution is -2.14. The van der Waals surface area contributed by atoms with E-state index >= 15 is 0 Å². The van der Waals surface area contributed by atoms with Crippen LogP contribution in [0.1, 0.15) is 27.5 Å². The molecular weight excluding hydrogens is 331 g/mol. The first-order chi connectivity index (χ1) is 11.8. The monoisotopic (exact) mass is 343 g/mol. The Morgan fingerprint density at radius 2 is 2.00 bits per heavy atom. The van der Waals surface area contributed by atoms with Crippen molar-refractivity contribution in [2.75, 3.05) is 0 Å². The smallest absolute Gasteiger partial charge is 0.351 e. The first-order valence-electron chi connectivity index (χ1n) is 7.34. The van der Waals surface area contributed by atoms with E-state index in [0.29, 0.717) is 17.1 Å². The van der Waals surface area contributed by atoms with Crippen LogP contribution in [0.5, 0.6) is 0 Å². The molecule has 0 aliphatic rings. The van der Waals surface area contributed by atoms with Crippen LogP contribution in [-0.2, 0) is 13.2 Å². The lowest BCUT2D eigenvalue weighted by molar-refractivity contribution is -0.137. The number of fused-ring (bicyclic) bond motifs is 1. The largest absolute Gasteiger partial charge is 0.417 e. The van der Waals surface area contributed by atoms with Gasteiger partial charge in [-0.1, -0.05) is 12.1 Å². The van der Waals surface area contributed by atoms with Crippen molar-refractivity contribution in [3.8, 4) is 6.07 Å². The Morgan fingerprint density at radius 1 is 1.24 bits per heavy atom. The number of carbonyl (C=O) groups is 1. The quantitative estimate of drug-likeness (QED) is 0.673. The highest BCUT2D eigenvalue weighted by Gasteiger charge is 2.32. The van der Waals surface area contributed by atoms with Crippen molar-refractivity contribution in [2.24, 2.45) is 7.05 Å². The summed E-state index contributed by atoms with van der Waals surface area (Å²) in [6, 6.07) is 10.6. The van der Waals surface area contributed by atoms with Crippen molar-refractivity contribution in [2.45, 2.75) is 12.1 Å². The number of carbonyl (C=O) groups excluding carboxylic acids is 1. The summed E-state index contributed by atoms with van der Waals surface area (Å²) in [7, 11) is 1.83. The van der Waals surface area contributed by atoms with Crippen LogP contribution in [0.15, 0.2) is 48.8 Å². The second-order valence-corrected chi connectivity index (χ2v) is 5.56. The van der Waals surface area contributed by atoms with Crippen LogP contribution in [0, 0.1) is 11.3 Å². The normalized spacial score (nSPS) is 12.8. The van der Waals surface area contributed by atoms with Crippen molar-refractivity contribution in [3.63, 3.8) is 0 Å². The van der Waals surface area contributed by atoms with E-state index in [0.717, 1.165) is 17.6 Å². The lowest BCUT2D eigenvalue weighted by atomic mass is 9.93. The minimum atomic E-state index is -4.52. The Labute approximate surface area is 141 Å². The molecule has 0 bridgehead atoms. The number of hydrogen-bond donors (Lipinski definition) is 0. The van der Waals surface area contributed by atoms with Crippen LogP contribution < -0.4 is 0 Å². The number of aromatic nitrogens is 2. The van der Waals surface area contributed by atoms with Gasteiger partial charge in [0.05, 0.1) is 17.3 Å². The van der Waals surface area contributed by atoms with E-state index in [1.165, 1.54) is 0 Å². The number of nitrogens with zero attached hydrogens (tertiary/aromatic N) is 3. The maximum atomic E-state index is 12.8. The summed E-state index contributed by atoms with van der Waals surface area (Å²) in [4.78, 5) is 16.5. The molecule has 0 fully saturated rings. The van der Waals surface area contributed by atoms with E-state index in [2.05, 4.69) is 4.98 Å². The maximum Gasteiger partial charge on any atom is 0.417 e. The zero-order valence-electron chi connectivity index (χ0n) is 13.1. The molecule has 25 heavy (non-hydrogen) atoms. The van der Waals surface area contributed by atoms with E-state index in [1.807, 2.05) is 23.8 Å². The Hall–Kier alpha value is -3.14. The molecule has 3 aromatic rings. The number of nitriles is 1. The van der Waals surface area contributed by atoms with Gasteiger partial charge in [0.2, 0.25) is 0 Å². The fourth-order valence-electron chi connectivity index (χ4n) is 2.68. The van der Waals surface area contributed by atoms with Gasteiger partial charge in [-0.05, 0) is 24.3 Å². The molecule has 0 radical (unpaired) electrons. The summed E-state index contributed by atoms with van der Waals surface area (Å²) >= 11 is 0. The summed E-state index contributed by atoms with van der Waals surface area (Å²) in [6.07, 6.45) is -2.09. The van der Waals surface area contributed by atoms with Crippen molar-refractivity contribution in [3.05, 3.63) is 65.6 Å². The van der Waals surface area contributed by atoms with Gasteiger partial charge in [-0.25, -0.2) is 0 Å². The van der Waals surface area contributed by atoms with Crippen LogP contribution in [0.25, 0.3) is 10.9 Å². The van der Waals surface area contributed by atoms with Crippen LogP contribution >= 0.6 is 0 Å². The topological polar surface area (TPSA) is 58.7 Å². The van der Waals surface area contributed by atoms with E-state index in [1.54, 1.807) is 24.4 Å². The predicted molar refractivity (Wildman–Crippen MR) is 84.8 cm³/mol. The summed E-state index contributed by atoms with van der Waals surface area (Å²) in [5.74, 6) is -1.76. The molecule has 0 saturated carbocycles. The number of pyridine rings is 1. The highest BCUT2D eigenvalue weighted by molar-refractivity contribution is 6.11. The Kier molecular flexibility index (Phi) is 4.05. The Bertz CT molecular complexity index is 981. The van der Waals surface area contributed by atoms with E-state index in [-0.39, 0.29) is 5.69 Å². The average molecular weight is 343 g/mol. The van der Waals surface area contributed by atoms with Crippen LogP contribution in [0.4, 0.5) is 13.2 Å². The van der Waals surface area contributed by atoms with Crippen LogP contribution in [-0.4, -0.2) is 15.3 Å². The molecule has 0 unspecified atom stereocenters. The van der Waals surface area contributed by atoms with Gasteiger partial charge in [0, 0.05) is 35.9 Å². The highest BCUT2D eigenvalue weighted by Crippen LogP contribution is 2.30. The molecule has 2 aromatic heterocycles. The Balaban J connectivity index is 2.00. The SMILES string of the molecule is Cn1ccc2c(C(=O)[C@@H](C#N)c3ccc(C(F)(F)F)cn3)cccc21. The molecule has 7 heteroatoms. The molecule has 0 aliphatic heterocycles. The summed E-state index contributed by atoms with van der Waals surface area (Å²) in [6.45, 7) is 0. The third-order valence-corrected chi connectivity index (χ3v) is 3.99. The fourth-order valence-corrected chi connectivity index (χ4v) is 2.68.